The molecule has 1 heterocycles. The van der Waals surface area contributed by atoms with Gasteiger partial charge in [0.15, 0.2) is 17.9 Å². The third kappa shape index (κ3) is 3.62. The van der Waals surface area contributed by atoms with Gasteiger partial charge in [0, 0.05) is 34.7 Å². The molecule has 0 saturated carbocycles. The van der Waals surface area contributed by atoms with Gasteiger partial charge in [-0.1, -0.05) is 12.1 Å². The summed E-state index contributed by atoms with van der Waals surface area (Å²) < 4.78 is 11.9. The van der Waals surface area contributed by atoms with Crippen LogP contribution in [0.1, 0.15) is 82.2 Å². The van der Waals surface area contributed by atoms with Crippen molar-refractivity contribution in [3.63, 3.8) is 0 Å². The fourth-order valence-electron chi connectivity index (χ4n) is 5.42. The first kappa shape index (κ1) is 23.5. The second-order valence-corrected chi connectivity index (χ2v) is 9.56. The standard InChI is InChI=1S/C26H27NO8/c1-10(28)12-8-14-20(17(9-12)35-18-7-6-16(29)11(2)34-18)26(33)21-22(24(14)31)25(32)19-13(23(21)30)4-3-5-15(19)27/h3-5,11-12,16-18,29,31,33H,6-9,27H2,1-2H3/t11-,12-,16+,17-,18+/m0/s1. The summed E-state index contributed by atoms with van der Waals surface area (Å²) in [6.07, 6.45) is -1.55. The lowest BCUT2D eigenvalue weighted by Crippen LogP contribution is -2.39. The second-order valence-electron chi connectivity index (χ2n) is 9.56. The summed E-state index contributed by atoms with van der Waals surface area (Å²) in [5, 5.41) is 32.6. The van der Waals surface area contributed by atoms with Gasteiger partial charge in [0.05, 0.1) is 35.0 Å². The average molecular weight is 482 g/mol. The number of hydrogen-bond donors (Lipinski definition) is 4. The lowest BCUT2D eigenvalue weighted by atomic mass is 9.73. The normalized spacial score (nSPS) is 27.7. The Balaban J connectivity index is 1.65. The van der Waals surface area contributed by atoms with Crippen molar-refractivity contribution < 1.29 is 39.2 Å². The minimum Gasteiger partial charge on any atom is -0.507 e. The van der Waals surface area contributed by atoms with E-state index in [0.717, 1.165) is 0 Å². The van der Waals surface area contributed by atoms with Crippen molar-refractivity contribution in [2.45, 2.75) is 64.1 Å². The van der Waals surface area contributed by atoms with Crippen molar-refractivity contribution in [1.29, 1.82) is 0 Å². The number of rotatable bonds is 3. The smallest absolute Gasteiger partial charge is 0.200 e. The van der Waals surface area contributed by atoms with E-state index in [9.17, 15) is 29.7 Å². The molecule has 184 valence electrons. The number of Topliss-reactive ketones (excluding diaryl/α,β-unsaturated/α-hetero) is 1. The first-order chi connectivity index (χ1) is 16.6. The molecule has 0 aromatic heterocycles. The third-order valence-electron chi connectivity index (χ3n) is 7.38. The average Bonchev–Trinajstić information content (AvgIpc) is 2.81. The molecule has 0 spiro atoms. The van der Waals surface area contributed by atoms with Crippen LogP contribution in [0.4, 0.5) is 5.69 Å². The molecule has 2 aromatic carbocycles. The zero-order chi connectivity index (χ0) is 25.2. The predicted octanol–water partition coefficient (Wildman–Crippen LogP) is 2.55. The van der Waals surface area contributed by atoms with Gasteiger partial charge in [0.2, 0.25) is 0 Å². The van der Waals surface area contributed by atoms with E-state index in [2.05, 4.69) is 0 Å². The van der Waals surface area contributed by atoms with E-state index < -0.39 is 53.6 Å². The van der Waals surface area contributed by atoms with Gasteiger partial charge in [0.1, 0.15) is 17.3 Å². The largest absolute Gasteiger partial charge is 0.507 e. The number of fused-ring (bicyclic) bond motifs is 3. The molecule has 1 fully saturated rings. The van der Waals surface area contributed by atoms with Crippen molar-refractivity contribution >= 4 is 23.0 Å². The lowest BCUT2D eigenvalue weighted by molar-refractivity contribution is -0.239. The molecular weight excluding hydrogens is 454 g/mol. The Hall–Kier alpha value is -3.27. The van der Waals surface area contributed by atoms with Gasteiger partial charge < -0.3 is 30.5 Å². The van der Waals surface area contributed by atoms with E-state index in [1.807, 2.05) is 0 Å². The zero-order valence-corrected chi connectivity index (χ0v) is 19.4. The Labute approximate surface area is 201 Å². The van der Waals surface area contributed by atoms with Gasteiger partial charge in [0.25, 0.3) is 0 Å². The van der Waals surface area contributed by atoms with Crippen LogP contribution in [0.15, 0.2) is 18.2 Å². The molecule has 2 aliphatic carbocycles. The molecule has 2 aromatic rings. The first-order valence-electron chi connectivity index (χ1n) is 11.7. The summed E-state index contributed by atoms with van der Waals surface area (Å²) in [6.45, 7) is 3.16. The van der Waals surface area contributed by atoms with Crippen LogP contribution in [-0.2, 0) is 20.7 Å². The number of aromatic hydroxyl groups is 2. The summed E-state index contributed by atoms with van der Waals surface area (Å²) in [7, 11) is 0. The Bertz CT molecular complexity index is 1270. The molecular formula is C26H27NO8. The second kappa shape index (κ2) is 8.44. The van der Waals surface area contributed by atoms with Crippen LogP contribution in [0, 0.1) is 5.92 Å². The molecule has 35 heavy (non-hydrogen) atoms. The monoisotopic (exact) mass is 481 g/mol. The van der Waals surface area contributed by atoms with E-state index in [-0.39, 0.29) is 57.7 Å². The number of carbonyl (C=O) groups excluding carboxylic acids is 3. The van der Waals surface area contributed by atoms with E-state index >= 15 is 0 Å². The van der Waals surface area contributed by atoms with E-state index in [1.54, 1.807) is 13.0 Å². The van der Waals surface area contributed by atoms with Crippen LogP contribution in [-0.4, -0.2) is 51.2 Å². The van der Waals surface area contributed by atoms with Gasteiger partial charge in [-0.25, -0.2) is 0 Å². The van der Waals surface area contributed by atoms with Crippen molar-refractivity contribution in [2.75, 3.05) is 5.73 Å². The first-order valence-corrected chi connectivity index (χ1v) is 11.7. The highest BCUT2D eigenvalue weighted by atomic mass is 16.7. The quantitative estimate of drug-likeness (QED) is 0.326. The summed E-state index contributed by atoms with van der Waals surface area (Å²) in [6, 6.07) is 4.48. The molecule has 5 N–H and O–H groups in total. The number of ketones is 3. The van der Waals surface area contributed by atoms with Crippen molar-refractivity contribution in [3.05, 3.63) is 51.6 Å². The number of carbonyl (C=O) groups is 3. The molecule has 3 aliphatic rings. The Kier molecular flexibility index (Phi) is 5.66. The van der Waals surface area contributed by atoms with Crippen LogP contribution in [0.2, 0.25) is 0 Å². The van der Waals surface area contributed by atoms with Gasteiger partial charge in [-0.3, -0.25) is 14.4 Å². The number of phenols is 2. The van der Waals surface area contributed by atoms with E-state index in [0.29, 0.717) is 12.8 Å². The topological polar surface area (TPSA) is 156 Å². The number of phenolic OH excluding ortho intramolecular Hbond substituents is 2. The van der Waals surface area contributed by atoms with Crippen LogP contribution in [0.25, 0.3) is 0 Å². The summed E-state index contributed by atoms with van der Waals surface area (Å²) in [5.41, 5.74) is 5.85. The molecule has 1 saturated heterocycles. The van der Waals surface area contributed by atoms with Crippen LogP contribution >= 0.6 is 0 Å². The number of nitrogen functional groups attached to an aromatic ring is 1. The van der Waals surface area contributed by atoms with E-state index in [1.165, 1.54) is 19.1 Å². The number of aliphatic hydroxyl groups is 1. The SMILES string of the molecule is CC(=O)[C@H]1Cc2c(O)c3c(c(O)c2[C@@H](O[C@@H]2CC[C@@H](O)[C@H](C)O2)C1)C(=O)c1cccc(N)c1C3=O. The molecule has 5 rings (SSSR count). The maximum absolute atomic E-state index is 13.4. The van der Waals surface area contributed by atoms with Crippen molar-refractivity contribution in [3.8, 4) is 11.5 Å². The van der Waals surface area contributed by atoms with Crippen LogP contribution in [0.3, 0.4) is 0 Å². The lowest BCUT2D eigenvalue weighted by Gasteiger charge is -2.38. The molecule has 0 bridgehead atoms. The Morgan fingerprint density at radius 2 is 1.80 bits per heavy atom. The highest BCUT2D eigenvalue weighted by Crippen LogP contribution is 2.51. The maximum atomic E-state index is 13.4. The third-order valence-corrected chi connectivity index (χ3v) is 7.38. The zero-order valence-electron chi connectivity index (χ0n) is 19.4. The van der Waals surface area contributed by atoms with Crippen molar-refractivity contribution in [1.82, 2.24) is 0 Å². The molecule has 9 nitrogen and oxygen atoms in total. The molecule has 1 aliphatic heterocycles. The fourth-order valence-corrected chi connectivity index (χ4v) is 5.42. The number of benzene rings is 2. The maximum Gasteiger partial charge on any atom is 0.200 e. The molecule has 0 amide bonds. The summed E-state index contributed by atoms with van der Waals surface area (Å²) in [5.74, 6) is -2.86. The minimum atomic E-state index is -0.874. The van der Waals surface area contributed by atoms with Crippen LogP contribution in [0.5, 0.6) is 11.5 Å². The van der Waals surface area contributed by atoms with E-state index in [4.69, 9.17) is 15.2 Å². The molecule has 0 radical (unpaired) electrons. The number of nitrogens with two attached hydrogens (primary N) is 1. The number of ether oxygens (including phenoxy) is 2. The van der Waals surface area contributed by atoms with Gasteiger partial charge in [-0.15, -0.1) is 0 Å². The Morgan fingerprint density at radius 1 is 1.09 bits per heavy atom. The Morgan fingerprint density at radius 3 is 2.49 bits per heavy atom. The predicted molar refractivity (Wildman–Crippen MR) is 123 cm³/mol. The molecule has 5 atom stereocenters. The van der Waals surface area contributed by atoms with Gasteiger partial charge >= 0.3 is 0 Å². The molecule has 9 heteroatoms. The van der Waals surface area contributed by atoms with Gasteiger partial charge in [-0.2, -0.15) is 0 Å². The fraction of sp³-hybridized carbons (Fsp3) is 0.423. The molecule has 0 unspecified atom stereocenters. The van der Waals surface area contributed by atoms with Crippen LogP contribution < -0.4 is 5.73 Å². The minimum absolute atomic E-state index is 0.0190. The number of hydrogen-bond acceptors (Lipinski definition) is 9. The number of aliphatic hydroxyl groups excluding tert-OH is 1. The summed E-state index contributed by atoms with van der Waals surface area (Å²) in [4.78, 5) is 39.1. The van der Waals surface area contributed by atoms with Gasteiger partial charge in [-0.05, 0) is 39.2 Å². The number of anilines is 1. The highest BCUT2D eigenvalue weighted by Gasteiger charge is 2.44. The highest BCUT2D eigenvalue weighted by molar-refractivity contribution is 6.32. The van der Waals surface area contributed by atoms with Crippen molar-refractivity contribution in [2.24, 2.45) is 5.92 Å². The summed E-state index contributed by atoms with van der Waals surface area (Å²) >= 11 is 0.